The Kier molecular flexibility index (Phi) is 5.78. The number of rotatable bonds is 6. The largest absolute Gasteiger partial charge is 0.497 e. The summed E-state index contributed by atoms with van der Waals surface area (Å²) in [6, 6.07) is 12.8. The molecule has 1 aliphatic heterocycles. The third-order valence-corrected chi connectivity index (χ3v) is 7.35. The molecule has 7 rings (SSSR count). The molecule has 39 heavy (non-hydrogen) atoms. The average Bonchev–Trinajstić information content (AvgIpc) is 3.72. The lowest BCUT2D eigenvalue weighted by Gasteiger charge is -2.14. The van der Waals surface area contributed by atoms with E-state index in [0.717, 1.165) is 64.1 Å². The first-order valence-corrected chi connectivity index (χ1v) is 13.0. The number of ether oxygens (including phenoxy) is 1. The zero-order valence-electron chi connectivity index (χ0n) is 21.4. The Bertz CT molecular complexity index is 1820. The monoisotopic (exact) mass is 519 g/mol. The maximum absolute atomic E-state index is 14.3. The summed E-state index contributed by atoms with van der Waals surface area (Å²) in [5.41, 5.74) is 7.64. The first kappa shape index (κ1) is 23.5. The van der Waals surface area contributed by atoms with E-state index in [-0.39, 0.29) is 5.82 Å². The number of H-pyrrole nitrogens is 2. The van der Waals surface area contributed by atoms with Crippen LogP contribution in [-0.4, -0.2) is 55.2 Å². The van der Waals surface area contributed by atoms with Crippen molar-refractivity contribution in [2.75, 3.05) is 20.2 Å². The van der Waals surface area contributed by atoms with Crippen molar-refractivity contribution >= 4 is 21.9 Å². The number of benzene rings is 1. The fourth-order valence-electron chi connectivity index (χ4n) is 5.44. The van der Waals surface area contributed by atoms with Crippen LogP contribution in [0.2, 0.25) is 0 Å². The molecule has 1 aromatic carbocycles. The molecule has 0 saturated carbocycles. The van der Waals surface area contributed by atoms with Crippen molar-refractivity contribution in [3.8, 4) is 39.5 Å². The van der Waals surface area contributed by atoms with Gasteiger partial charge in [0.25, 0.3) is 0 Å². The number of likely N-dealkylation sites (tertiary alicyclic amines) is 1. The van der Waals surface area contributed by atoms with Crippen LogP contribution in [0, 0.1) is 5.82 Å². The molecule has 1 saturated heterocycles. The zero-order valence-corrected chi connectivity index (χ0v) is 21.4. The SMILES string of the molecule is COc1cc(F)cc(-c2ccnc3[nH]c(-c4n[nH]c5cnc(-c6cncc(CN7CCCC7)c6)cc45)cc23)c1. The van der Waals surface area contributed by atoms with Crippen LogP contribution in [0.1, 0.15) is 18.4 Å². The maximum atomic E-state index is 14.3. The molecule has 0 unspecified atom stereocenters. The van der Waals surface area contributed by atoms with E-state index >= 15 is 0 Å². The van der Waals surface area contributed by atoms with Gasteiger partial charge >= 0.3 is 0 Å². The van der Waals surface area contributed by atoms with Crippen molar-refractivity contribution < 1.29 is 9.13 Å². The molecule has 9 heteroatoms. The Morgan fingerprint density at radius 3 is 2.72 bits per heavy atom. The molecule has 2 N–H and O–H groups in total. The van der Waals surface area contributed by atoms with Crippen molar-refractivity contribution in [1.82, 2.24) is 35.0 Å². The first-order chi connectivity index (χ1) is 19.1. The maximum Gasteiger partial charge on any atom is 0.138 e. The summed E-state index contributed by atoms with van der Waals surface area (Å²) in [4.78, 5) is 19.6. The van der Waals surface area contributed by atoms with Gasteiger partial charge in [0.1, 0.15) is 22.9 Å². The van der Waals surface area contributed by atoms with Gasteiger partial charge in [0.05, 0.1) is 30.2 Å². The lowest BCUT2D eigenvalue weighted by molar-refractivity contribution is 0.331. The Hall–Kier alpha value is -4.63. The van der Waals surface area contributed by atoms with Gasteiger partial charge in [0, 0.05) is 47.5 Å². The molecule has 1 aliphatic rings. The van der Waals surface area contributed by atoms with E-state index < -0.39 is 0 Å². The van der Waals surface area contributed by atoms with Crippen molar-refractivity contribution in [3.63, 3.8) is 0 Å². The normalized spacial score (nSPS) is 14.0. The number of halogens is 1. The molecular formula is C30H26FN7O. The van der Waals surface area contributed by atoms with Gasteiger partial charge in [-0.3, -0.25) is 20.0 Å². The summed E-state index contributed by atoms with van der Waals surface area (Å²) in [6.07, 6.45) is 9.83. The Labute approximate surface area is 223 Å². The molecule has 6 heterocycles. The van der Waals surface area contributed by atoms with E-state index in [1.165, 1.54) is 37.6 Å². The Balaban J connectivity index is 1.28. The molecule has 0 radical (unpaired) electrons. The van der Waals surface area contributed by atoms with Gasteiger partial charge in [-0.25, -0.2) is 9.37 Å². The van der Waals surface area contributed by atoms with Crippen molar-refractivity contribution in [2.45, 2.75) is 19.4 Å². The fraction of sp³-hybridized carbons (Fsp3) is 0.200. The molecule has 0 bridgehead atoms. The van der Waals surface area contributed by atoms with E-state index in [2.05, 4.69) is 41.1 Å². The van der Waals surface area contributed by atoms with Crippen molar-refractivity contribution in [3.05, 3.63) is 78.6 Å². The molecule has 0 spiro atoms. The van der Waals surface area contributed by atoms with Gasteiger partial charge in [0.15, 0.2) is 0 Å². The number of fused-ring (bicyclic) bond motifs is 2. The van der Waals surface area contributed by atoms with Gasteiger partial charge in [-0.1, -0.05) is 0 Å². The number of hydrogen-bond acceptors (Lipinski definition) is 6. The summed E-state index contributed by atoms with van der Waals surface area (Å²) < 4.78 is 19.6. The predicted molar refractivity (Wildman–Crippen MR) is 149 cm³/mol. The van der Waals surface area contributed by atoms with Gasteiger partial charge in [-0.05, 0) is 79.0 Å². The number of methoxy groups -OCH3 is 1. The van der Waals surface area contributed by atoms with Crippen LogP contribution in [0.25, 0.3) is 55.7 Å². The molecule has 8 nitrogen and oxygen atoms in total. The fourth-order valence-corrected chi connectivity index (χ4v) is 5.44. The topological polar surface area (TPSA) is 95.6 Å². The Morgan fingerprint density at radius 2 is 1.85 bits per heavy atom. The van der Waals surface area contributed by atoms with E-state index in [9.17, 15) is 4.39 Å². The summed E-state index contributed by atoms with van der Waals surface area (Å²) in [7, 11) is 1.53. The molecule has 5 aromatic heterocycles. The summed E-state index contributed by atoms with van der Waals surface area (Å²) in [5, 5.41) is 9.50. The highest BCUT2D eigenvalue weighted by atomic mass is 19.1. The smallest absolute Gasteiger partial charge is 0.138 e. The number of hydrogen-bond donors (Lipinski definition) is 2. The predicted octanol–water partition coefficient (Wildman–Crippen LogP) is 5.97. The lowest BCUT2D eigenvalue weighted by Crippen LogP contribution is -2.18. The highest BCUT2D eigenvalue weighted by Gasteiger charge is 2.17. The van der Waals surface area contributed by atoms with Crippen LogP contribution in [-0.2, 0) is 6.54 Å². The highest BCUT2D eigenvalue weighted by molar-refractivity contribution is 6.00. The summed E-state index contributed by atoms with van der Waals surface area (Å²) in [6.45, 7) is 3.18. The van der Waals surface area contributed by atoms with E-state index in [1.54, 1.807) is 12.4 Å². The average molecular weight is 520 g/mol. The van der Waals surface area contributed by atoms with Gasteiger partial charge in [-0.2, -0.15) is 5.10 Å². The number of pyridine rings is 3. The molecule has 6 aromatic rings. The number of nitrogens with zero attached hydrogens (tertiary/aromatic N) is 5. The third kappa shape index (κ3) is 4.40. The molecule has 0 amide bonds. The second-order valence-electron chi connectivity index (χ2n) is 9.94. The summed E-state index contributed by atoms with van der Waals surface area (Å²) >= 11 is 0. The second-order valence-corrected chi connectivity index (χ2v) is 9.94. The molecular weight excluding hydrogens is 493 g/mol. The van der Waals surface area contributed by atoms with Crippen LogP contribution < -0.4 is 4.74 Å². The minimum Gasteiger partial charge on any atom is -0.497 e. The van der Waals surface area contributed by atoms with Crippen LogP contribution in [0.5, 0.6) is 5.75 Å². The van der Waals surface area contributed by atoms with Crippen LogP contribution >= 0.6 is 0 Å². The zero-order chi connectivity index (χ0) is 26.3. The lowest BCUT2D eigenvalue weighted by atomic mass is 10.0. The van der Waals surface area contributed by atoms with Crippen molar-refractivity contribution in [2.24, 2.45) is 0 Å². The molecule has 1 fully saturated rings. The van der Waals surface area contributed by atoms with Crippen LogP contribution in [0.4, 0.5) is 4.39 Å². The molecule has 0 atom stereocenters. The molecule has 194 valence electrons. The van der Waals surface area contributed by atoms with Crippen LogP contribution in [0.3, 0.4) is 0 Å². The van der Waals surface area contributed by atoms with Gasteiger partial charge in [-0.15, -0.1) is 0 Å². The standard InChI is InChI=1S/C30H26FN7O/c1-39-22-10-19(9-21(31)11-22)23-4-5-33-30-24(23)12-27(35-30)29-25-13-26(34-16-28(25)36-37-29)20-8-18(14-32-15-20)17-38-6-2-3-7-38/h4-5,8-16H,2-3,6-7,17H2,1H3,(H,33,35)(H,36,37). The van der Waals surface area contributed by atoms with Crippen LogP contribution in [0.15, 0.2) is 67.3 Å². The third-order valence-electron chi connectivity index (χ3n) is 7.35. The Morgan fingerprint density at radius 1 is 0.949 bits per heavy atom. The number of nitrogens with one attached hydrogen (secondary N) is 2. The van der Waals surface area contributed by atoms with Crippen molar-refractivity contribution in [1.29, 1.82) is 0 Å². The second kappa shape index (κ2) is 9.59. The van der Waals surface area contributed by atoms with Gasteiger partial charge < -0.3 is 9.72 Å². The van der Waals surface area contributed by atoms with Gasteiger partial charge in [0.2, 0.25) is 0 Å². The highest BCUT2D eigenvalue weighted by Crippen LogP contribution is 2.35. The summed E-state index contributed by atoms with van der Waals surface area (Å²) in [5.74, 6) is 0.102. The number of aromatic amines is 2. The first-order valence-electron chi connectivity index (χ1n) is 13.0. The van der Waals surface area contributed by atoms with E-state index in [1.807, 2.05) is 36.7 Å². The minimum absolute atomic E-state index is 0.359. The van der Waals surface area contributed by atoms with E-state index in [0.29, 0.717) is 17.0 Å². The van der Waals surface area contributed by atoms with E-state index in [4.69, 9.17) is 4.74 Å². The minimum atomic E-state index is -0.359. The number of aromatic nitrogens is 6. The quantitative estimate of drug-likeness (QED) is 0.281. The molecule has 0 aliphatic carbocycles.